The quantitative estimate of drug-likeness (QED) is 0.548. The normalized spacial score (nSPS) is 10.9. The molecule has 0 saturated carbocycles. The van der Waals surface area contributed by atoms with Crippen molar-refractivity contribution in [1.82, 2.24) is 14.5 Å². The number of fused-ring (bicyclic) bond motifs is 1. The second-order valence-electron chi connectivity index (χ2n) is 5.89. The van der Waals surface area contributed by atoms with E-state index in [1.807, 2.05) is 35.2 Å². The Morgan fingerprint density at radius 2 is 1.93 bits per heavy atom. The van der Waals surface area contributed by atoms with E-state index in [0.717, 1.165) is 5.69 Å². The van der Waals surface area contributed by atoms with Crippen LogP contribution in [0, 0.1) is 0 Å². The summed E-state index contributed by atoms with van der Waals surface area (Å²) in [7, 11) is 0. The molecule has 0 bridgehead atoms. The number of halogens is 1. The summed E-state index contributed by atoms with van der Waals surface area (Å²) >= 11 is 5.90. The van der Waals surface area contributed by atoms with E-state index < -0.39 is 5.97 Å². The molecule has 2 aromatic heterocycles. The molecule has 0 aliphatic carbocycles. The Morgan fingerprint density at radius 3 is 2.74 bits per heavy atom. The molecule has 0 aliphatic heterocycles. The Balaban J connectivity index is 1.53. The van der Waals surface area contributed by atoms with Crippen molar-refractivity contribution < 1.29 is 9.53 Å². The lowest BCUT2D eigenvalue weighted by Gasteiger charge is -2.08. The third-order valence-electron chi connectivity index (χ3n) is 4.04. The second-order valence-corrected chi connectivity index (χ2v) is 6.33. The van der Waals surface area contributed by atoms with Gasteiger partial charge in [-0.1, -0.05) is 17.7 Å². The zero-order chi connectivity index (χ0) is 18.8. The maximum atomic E-state index is 12.4. The Kier molecular flexibility index (Phi) is 4.48. The fourth-order valence-electron chi connectivity index (χ4n) is 2.75. The highest BCUT2D eigenvalue weighted by molar-refractivity contribution is 6.31. The van der Waals surface area contributed by atoms with Crippen LogP contribution in [0.2, 0.25) is 5.02 Å². The van der Waals surface area contributed by atoms with E-state index in [9.17, 15) is 9.59 Å². The maximum Gasteiger partial charge on any atom is 0.338 e. The van der Waals surface area contributed by atoms with Gasteiger partial charge in [0.15, 0.2) is 0 Å². The molecule has 7 heteroatoms. The monoisotopic (exact) mass is 379 g/mol. The van der Waals surface area contributed by atoms with E-state index in [0.29, 0.717) is 21.5 Å². The Labute approximate surface area is 159 Å². The summed E-state index contributed by atoms with van der Waals surface area (Å²) < 4.78 is 7.20. The van der Waals surface area contributed by atoms with Gasteiger partial charge in [0.2, 0.25) is 0 Å². The van der Waals surface area contributed by atoms with Crippen LogP contribution in [0.25, 0.3) is 16.6 Å². The van der Waals surface area contributed by atoms with Crippen molar-refractivity contribution in [2.45, 2.75) is 6.61 Å². The van der Waals surface area contributed by atoms with Gasteiger partial charge >= 0.3 is 5.97 Å². The molecule has 0 saturated heterocycles. The van der Waals surface area contributed by atoms with Gasteiger partial charge in [-0.15, -0.1) is 0 Å². The van der Waals surface area contributed by atoms with Gasteiger partial charge in [-0.05, 0) is 48.5 Å². The molecular weight excluding hydrogens is 366 g/mol. The minimum absolute atomic E-state index is 0.139. The first kappa shape index (κ1) is 17.1. The first-order valence-corrected chi connectivity index (χ1v) is 8.57. The molecule has 0 unspecified atom stereocenters. The Morgan fingerprint density at radius 1 is 1.11 bits per heavy atom. The molecule has 4 aromatic rings. The lowest BCUT2D eigenvalue weighted by atomic mass is 10.2. The molecule has 0 atom stereocenters. The predicted octanol–water partition coefficient (Wildman–Crippen LogP) is 3.72. The van der Waals surface area contributed by atoms with Gasteiger partial charge in [0.05, 0.1) is 16.5 Å². The maximum absolute atomic E-state index is 12.4. The first-order valence-electron chi connectivity index (χ1n) is 8.19. The SMILES string of the molecule is O=C(OCc1nc2ccc(Cl)cc2c(=O)[nH]1)c1cccc(-n2cccc2)c1. The molecule has 1 N–H and O–H groups in total. The van der Waals surface area contributed by atoms with Gasteiger partial charge in [-0.3, -0.25) is 4.79 Å². The summed E-state index contributed by atoms with van der Waals surface area (Å²) in [5.41, 5.74) is 1.42. The molecule has 0 amide bonds. The zero-order valence-electron chi connectivity index (χ0n) is 14.1. The summed E-state index contributed by atoms with van der Waals surface area (Å²) in [6.45, 7) is -0.139. The fourth-order valence-corrected chi connectivity index (χ4v) is 2.92. The highest BCUT2D eigenvalue weighted by Gasteiger charge is 2.11. The van der Waals surface area contributed by atoms with Gasteiger partial charge in [0.1, 0.15) is 12.4 Å². The van der Waals surface area contributed by atoms with Crippen molar-refractivity contribution in [2.24, 2.45) is 0 Å². The number of hydrogen-bond donors (Lipinski definition) is 1. The molecule has 134 valence electrons. The van der Waals surface area contributed by atoms with Gasteiger partial charge in [-0.2, -0.15) is 0 Å². The molecular formula is C20H14ClN3O3. The number of ether oxygens (including phenoxy) is 1. The standard InChI is InChI=1S/C20H14ClN3O3/c21-14-6-7-17-16(11-14)19(25)23-18(22-17)12-27-20(26)13-4-3-5-15(10-13)24-8-1-2-9-24/h1-11H,12H2,(H,22,23,25). The number of H-pyrrole nitrogens is 1. The molecule has 6 nitrogen and oxygen atoms in total. The van der Waals surface area contributed by atoms with Gasteiger partial charge in [0.25, 0.3) is 5.56 Å². The van der Waals surface area contributed by atoms with Gasteiger partial charge < -0.3 is 14.3 Å². The highest BCUT2D eigenvalue weighted by atomic mass is 35.5. The van der Waals surface area contributed by atoms with E-state index in [4.69, 9.17) is 16.3 Å². The number of hydrogen-bond acceptors (Lipinski definition) is 4. The number of nitrogens with one attached hydrogen (secondary N) is 1. The van der Waals surface area contributed by atoms with Crippen molar-refractivity contribution in [3.63, 3.8) is 0 Å². The first-order chi connectivity index (χ1) is 13.1. The summed E-state index contributed by atoms with van der Waals surface area (Å²) in [6.07, 6.45) is 3.78. The largest absolute Gasteiger partial charge is 0.454 e. The van der Waals surface area contributed by atoms with Crippen LogP contribution in [-0.4, -0.2) is 20.5 Å². The van der Waals surface area contributed by atoms with E-state index in [-0.39, 0.29) is 18.0 Å². The van der Waals surface area contributed by atoms with E-state index >= 15 is 0 Å². The number of carbonyl (C=O) groups is 1. The van der Waals surface area contributed by atoms with Crippen LogP contribution in [-0.2, 0) is 11.3 Å². The Bertz CT molecular complexity index is 1180. The highest BCUT2D eigenvalue weighted by Crippen LogP contribution is 2.15. The fraction of sp³-hybridized carbons (Fsp3) is 0.0500. The smallest absolute Gasteiger partial charge is 0.338 e. The van der Waals surface area contributed by atoms with E-state index in [2.05, 4.69) is 9.97 Å². The van der Waals surface area contributed by atoms with Crippen molar-refractivity contribution in [1.29, 1.82) is 0 Å². The Hall–Kier alpha value is -3.38. The molecule has 0 fully saturated rings. The summed E-state index contributed by atoms with van der Waals surface area (Å²) in [5, 5.41) is 0.841. The van der Waals surface area contributed by atoms with Gasteiger partial charge in [-0.25, -0.2) is 9.78 Å². The number of rotatable bonds is 4. The second kappa shape index (κ2) is 7.09. The summed E-state index contributed by atoms with van der Waals surface area (Å²) in [6, 6.07) is 15.7. The molecule has 0 aliphatic rings. The van der Waals surface area contributed by atoms with Crippen LogP contribution >= 0.6 is 11.6 Å². The van der Waals surface area contributed by atoms with Crippen LogP contribution in [0.4, 0.5) is 0 Å². The molecule has 0 radical (unpaired) electrons. The van der Waals surface area contributed by atoms with Crippen LogP contribution in [0.3, 0.4) is 0 Å². The van der Waals surface area contributed by atoms with Crippen molar-refractivity contribution in [3.8, 4) is 5.69 Å². The van der Waals surface area contributed by atoms with Crippen molar-refractivity contribution in [2.75, 3.05) is 0 Å². The number of aromatic amines is 1. The lowest BCUT2D eigenvalue weighted by Crippen LogP contribution is -2.14. The molecule has 0 spiro atoms. The topological polar surface area (TPSA) is 77.0 Å². The average Bonchev–Trinajstić information content (AvgIpc) is 3.22. The lowest BCUT2D eigenvalue weighted by molar-refractivity contribution is 0.0462. The van der Waals surface area contributed by atoms with Crippen LogP contribution in [0.15, 0.2) is 71.8 Å². The molecule has 4 rings (SSSR count). The third-order valence-corrected chi connectivity index (χ3v) is 4.28. The van der Waals surface area contributed by atoms with Crippen LogP contribution in [0.5, 0.6) is 0 Å². The van der Waals surface area contributed by atoms with Crippen LogP contribution in [0.1, 0.15) is 16.2 Å². The van der Waals surface area contributed by atoms with Gasteiger partial charge in [0, 0.05) is 23.1 Å². The number of carbonyl (C=O) groups excluding carboxylic acids is 1. The van der Waals surface area contributed by atoms with E-state index in [1.165, 1.54) is 0 Å². The number of benzene rings is 2. The summed E-state index contributed by atoms with van der Waals surface area (Å²) in [4.78, 5) is 31.4. The predicted molar refractivity (Wildman–Crippen MR) is 102 cm³/mol. The average molecular weight is 380 g/mol. The summed E-state index contributed by atoms with van der Waals surface area (Å²) in [5.74, 6) is -0.229. The molecule has 2 aromatic carbocycles. The molecule has 2 heterocycles. The minimum Gasteiger partial charge on any atom is -0.454 e. The molecule has 27 heavy (non-hydrogen) atoms. The van der Waals surface area contributed by atoms with E-state index in [1.54, 1.807) is 36.4 Å². The number of nitrogens with zero attached hydrogens (tertiary/aromatic N) is 2. The van der Waals surface area contributed by atoms with Crippen LogP contribution < -0.4 is 5.56 Å². The third kappa shape index (κ3) is 3.61. The number of esters is 1. The van der Waals surface area contributed by atoms with Crippen molar-refractivity contribution >= 4 is 28.5 Å². The van der Waals surface area contributed by atoms with Crippen molar-refractivity contribution in [3.05, 3.63) is 93.8 Å². The minimum atomic E-state index is -0.497. The number of aromatic nitrogens is 3. The zero-order valence-corrected chi connectivity index (χ0v) is 14.8.